The maximum absolute atomic E-state index is 12.2. The van der Waals surface area contributed by atoms with Crippen molar-refractivity contribution in [3.8, 4) is 0 Å². The van der Waals surface area contributed by atoms with Crippen LogP contribution in [0.4, 0.5) is 13.2 Å². The van der Waals surface area contributed by atoms with E-state index in [1.807, 2.05) is 6.26 Å². The summed E-state index contributed by atoms with van der Waals surface area (Å²) in [7, 11) is 0. The van der Waals surface area contributed by atoms with E-state index in [9.17, 15) is 13.2 Å². The van der Waals surface area contributed by atoms with Gasteiger partial charge in [-0.2, -0.15) is 24.9 Å². The molecular weight excluding hydrogens is 239 g/mol. The monoisotopic (exact) mass is 253 g/mol. The van der Waals surface area contributed by atoms with Crippen molar-refractivity contribution in [2.75, 3.05) is 12.0 Å². The maximum atomic E-state index is 12.2. The molecule has 0 spiro atoms. The number of aliphatic hydroxyl groups is 1. The minimum atomic E-state index is -4.59. The number of hydrogen-bond donors (Lipinski definition) is 1. The first kappa shape index (κ1) is 13.4. The van der Waals surface area contributed by atoms with Crippen LogP contribution in [0, 0.1) is 0 Å². The number of alkyl halides is 3. The average Bonchev–Trinajstić information content (AvgIpc) is 2.64. The fraction of sp³-hybridized carbons (Fsp3) is 0.600. The predicted octanol–water partition coefficient (Wildman–Crippen LogP) is 2.84. The summed E-state index contributed by atoms with van der Waals surface area (Å²) < 4.78 is 38.2. The molecule has 6 heteroatoms. The van der Waals surface area contributed by atoms with Crippen molar-refractivity contribution >= 4 is 11.8 Å². The van der Waals surface area contributed by atoms with Crippen LogP contribution in [0.3, 0.4) is 0 Å². The Kier molecular flexibility index (Phi) is 4.73. The highest BCUT2D eigenvalue weighted by atomic mass is 32.2. The Morgan fingerprint density at radius 1 is 1.50 bits per heavy atom. The molecule has 0 aliphatic heterocycles. The zero-order valence-electron chi connectivity index (χ0n) is 8.87. The third-order valence-corrected chi connectivity index (χ3v) is 2.86. The van der Waals surface area contributed by atoms with Gasteiger partial charge in [-0.15, -0.1) is 0 Å². The second-order valence-corrected chi connectivity index (χ2v) is 4.46. The molecule has 0 bridgehead atoms. The van der Waals surface area contributed by atoms with Crippen molar-refractivity contribution in [3.05, 3.63) is 24.0 Å². The SMILES string of the molecule is CSCCCn1ccc(C(O)C(F)(F)F)c1. The molecule has 0 amide bonds. The fourth-order valence-electron chi connectivity index (χ4n) is 1.34. The van der Waals surface area contributed by atoms with Gasteiger partial charge in [0.25, 0.3) is 0 Å². The summed E-state index contributed by atoms with van der Waals surface area (Å²) in [6.07, 6.45) is -1.19. The molecule has 1 aromatic heterocycles. The number of aliphatic hydroxyl groups excluding tert-OH is 1. The molecule has 1 heterocycles. The maximum Gasteiger partial charge on any atom is 0.418 e. The molecule has 0 saturated heterocycles. The lowest BCUT2D eigenvalue weighted by Gasteiger charge is -2.12. The zero-order chi connectivity index (χ0) is 12.2. The van der Waals surface area contributed by atoms with Gasteiger partial charge in [0, 0.05) is 24.5 Å². The number of rotatable bonds is 5. The van der Waals surface area contributed by atoms with E-state index in [4.69, 9.17) is 5.11 Å². The van der Waals surface area contributed by atoms with Crippen LogP contribution in [0.25, 0.3) is 0 Å². The Bertz CT molecular complexity index is 324. The highest BCUT2D eigenvalue weighted by Crippen LogP contribution is 2.32. The Labute approximate surface area is 96.5 Å². The average molecular weight is 253 g/mol. The van der Waals surface area contributed by atoms with Gasteiger partial charge in [-0.3, -0.25) is 0 Å². The lowest BCUT2D eigenvalue weighted by molar-refractivity contribution is -0.206. The van der Waals surface area contributed by atoms with Gasteiger partial charge in [-0.05, 0) is 24.5 Å². The van der Waals surface area contributed by atoms with Crippen LogP contribution in [-0.2, 0) is 6.54 Å². The first-order chi connectivity index (χ1) is 7.45. The van der Waals surface area contributed by atoms with Crippen LogP contribution in [0.2, 0.25) is 0 Å². The van der Waals surface area contributed by atoms with E-state index in [-0.39, 0.29) is 5.56 Å². The Morgan fingerprint density at radius 3 is 2.75 bits per heavy atom. The molecule has 0 aliphatic carbocycles. The number of hydrogen-bond acceptors (Lipinski definition) is 2. The molecule has 0 aliphatic rings. The van der Waals surface area contributed by atoms with Gasteiger partial charge in [-0.1, -0.05) is 0 Å². The number of aromatic nitrogens is 1. The van der Waals surface area contributed by atoms with Gasteiger partial charge < -0.3 is 9.67 Å². The smallest absolute Gasteiger partial charge is 0.379 e. The zero-order valence-corrected chi connectivity index (χ0v) is 9.68. The van der Waals surface area contributed by atoms with Gasteiger partial charge in [-0.25, -0.2) is 0 Å². The molecule has 0 fully saturated rings. The first-order valence-corrected chi connectivity index (χ1v) is 6.24. The molecule has 1 atom stereocenters. The first-order valence-electron chi connectivity index (χ1n) is 4.84. The topological polar surface area (TPSA) is 25.2 Å². The lowest BCUT2D eigenvalue weighted by atomic mass is 10.2. The number of aryl methyl sites for hydroxylation is 1. The van der Waals surface area contributed by atoms with Gasteiger partial charge in [0.1, 0.15) is 0 Å². The van der Waals surface area contributed by atoms with Crippen molar-refractivity contribution in [1.29, 1.82) is 0 Å². The van der Waals surface area contributed by atoms with Crippen LogP contribution < -0.4 is 0 Å². The molecule has 0 saturated carbocycles. The van der Waals surface area contributed by atoms with Crippen molar-refractivity contribution in [1.82, 2.24) is 4.57 Å². The summed E-state index contributed by atoms with van der Waals surface area (Å²) >= 11 is 1.70. The van der Waals surface area contributed by atoms with Crippen molar-refractivity contribution < 1.29 is 18.3 Å². The largest absolute Gasteiger partial charge is 0.418 e. The van der Waals surface area contributed by atoms with Crippen LogP contribution in [0.15, 0.2) is 18.5 Å². The van der Waals surface area contributed by atoms with Crippen LogP contribution in [0.1, 0.15) is 18.1 Å². The van der Waals surface area contributed by atoms with Crippen molar-refractivity contribution in [3.63, 3.8) is 0 Å². The van der Waals surface area contributed by atoms with Gasteiger partial charge in [0.2, 0.25) is 0 Å². The van der Waals surface area contributed by atoms with E-state index in [1.54, 1.807) is 22.5 Å². The van der Waals surface area contributed by atoms with E-state index in [1.165, 1.54) is 12.3 Å². The molecule has 0 aromatic carbocycles. The fourth-order valence-corrected chi connectivity index (χ4v) is 1.76. The summed E-state index contributed by atoms with van der Waals surface area (Å²) in [5.41, 5.74) is -0.100. The molecule has 0 radical (unpaired) electrons. The Balaban J connectivity index is 2.57. The highest BCUT2D eigenvalue weighted by Gasteiger charge is 2.39. The minimum Gasteiger partial charge on any atom is -0.379 e. The predicted molar refractivity (Wildman–Crippen MR) is 58.4 cm³/mol. The summed E-state index contributed by atoms with van der Waals surface area (Å²) in [5.74, 6) is 0.968. The number of thioether (sulfide) groups is 1. The quantitative estimate of drug-likeness (QED) is 0.816. The summed E-state index contributed by atoms with van der Waals surface area (Å²) in [6, 6.07) is 1.30. The minimum absolute atomic E-state index is 0.100. The molecule has 16 heavy (non-hydrogen) atoms. The van der Waals surface area contributed by atoms with Crippen LogP contribution >= 0.6 is 11.8 Å². The summed E-state index contributed by atoms with van der Waals surface area (Å²) in [4.78, 5) is 0. The molecule has 92 valence electrons. The summed E-state index contributed by atoms with van der Waals surface area (Å²) in [6.45, 7) is 0.672. The second-order valence-electron chi connectivity index (χ2n) is 3.47. The van der Waals surface area contributed by atoms with E-state index < -0.39 is 12.3 Å². The van der Waals surface area contributed by atoms with Gasteiger partial charge in [0.05, 0.1) is 0 Å². The second kappa shape index (κ2) is 5.63. The Morgan fingerprint density at radius 2 is 2.19 bits per heavy atom. The third-order valence-electron chi connectivity index (χ3n) is 2.16. The standard InChI is InChI=1S/C10H14F3NOS/c1-16-6-2-4-14-5-3-8(7-14)9(15)10(11,12)13/h3,5,7,9,15H,2,4,6H2,1H3. The normalized spacial score (nSPS) is 14.1. The lowest BCUT2D eigenvalue weighted by Crippen LogP contribution is -2.19. The molecule has 1 rings (SSSR count). The molecule has 2 nitrogen and oxygen atoms in total. The molecule has 1 unspecified atom stereocenters. The third kappa shape index (κ3) is 3.75. The van der Waals surface area contributed by atoms with Crippen LogP contribution in [0.5, 0.6) is 0 Å². The van der Waals surface area contributed by atoms with Crippen molar-refractivity contribution in [2.24, 2.45) is 0 Å². The van der Waals surface area contributed by atoms with Gasteiger partial charge >= 0.3 is 6.18 Å². The van der Waals surface area contributed by atoms with Crippen molar-refractivity contribution in [2.45, 2.75) is 25.2 Å². The van der Waals surface area contributed by atoms with E-state index in [0.717, 1.165) is 12.2 Å². The van der Waals surface area contributed by atoms with Gasteiger partial charge in [0.15, 0.2) is 6.10 Å². The highest BCUT2D eigenvalue weighted by molar-refractivity contribution is 7.98. The van der Waals surface area contributed by atoms with E-state index >= 15 is 0 Å². The number of halogens is 3. The van der Waals surface area contributed by atoms with Crippen LogP contribution in [-0.4, -0.2) is 27.9 Å². The molecule has 1 N–H and O–H groups in total. The molecule has 1 aromatic rings. The van der Waals surface area contributed by atoms with E-state index in [2.05, 4.69) is 0 Å². The van der Waals surface area contributed by atoms with E-state index in [0.29, 0.717) is 6.54 Å². The molecular formula is C10H14F3NOS. The number of nitrogens with zero attached hydrogens (tertiary/aromatic N) is 1. The summed E-state index contributed by atoms with van der Waals surface area (Å²) in [5, 5.41) is 9.00. The Hall–Kier alpha value is -0.620.